The quantitative estimate of drug-likeness (QED) is 0.259. The van der Waals surface area contributed by atoms with Crippen LogP contribution in [0.15, 0.2) is 4.99 Å². The highest BCUT2D eigenvalue weighted by molar-refractivity contribution is 9.09. The van der Waals surface area contributed by atoms with Crippen molar-refractivity contribution in [2.45, 2.75) is 40.0 Å². The van der Waals surface area contributed by atoms with Crippen LogP contribution in [0.2, 0.25) is 0 Å². The van der Waals surface area contributed by atoms with Crippen LogP contribution >= 0.6 is 15.9 Å². The zero-order valence-electron chi connectivity index (χ0n) is 11.0. The molecular formula is C12H23BrN2O2. The minimum Gasteiger partial charge on any atom is -0.393 e. The van der Waals surface area contributed by atoms with Crippen LogP contribution in [0.5, 0.6) is 0 Å². The SMILES string of the molecule is CCNC(=NCCCC(C)C)OC(=O)CCBr. The van der Waals surface area contributed by atoms with Gasteiger partial charge in [0.25, 0.3) is 6.02 Å². The molecule has 4 nitrogen and oxygen atoms in total. The van der Waals surface area contributed by atoms with Crippen molar-refractivity contribution in [3.8, 4) is 0 Å². The number of nitrogens with one attached hydrogen (secondary N) is 1. The van der Waals surface area contributed by atoms with Gasteiger partial charge in [-0.25, -0.2) is 4.99 Å². The molecule has 0 spiro atoms. The third-order valence-corrected chi connectivity index (χ3v) is 2.43. The Kier molecular flexibility index (Phi) is 10.2. The van der Waals surface area contributed by atoms with Crippen LogP contribution in [0, 0.1) is 5.92 Å². The average Bonchev–Trinajstić information content (AvgIpc) is 2.24. The number of ether oxygens (including phenoxy) is 1. The van der Waals surface area contributed by atoms with E-state index in [-0.39, 0.29) is 5.97 Å². The molecule has 0 aromatic heterocycles. The molecule has 0 rings (SSSR count). The summed E-state index contributed by atoms with van der Waals surface area (Å²) in [6, 6.07) is 0.349. The monoisotopic (exact) mass is 306 g/mol. The lowest BCUT2D eigenvalue weighted by atomic mass is 10.1. The first-order chi connectivity index (χ1) is 8.10. The lowest BCUT2D eigenvalue weighted by Crippen LogP contribution is -2.28. The smallest absolute Gasteiger partial charge is 0.314 e. The highest BCUT2D eigenvalue weighted by atomic mass is 79.9. The van der Waals surface area contributed by atoms with Crippen molar-refractivity contribution in [3.63, 3.8) is 0 Å². The molecule has 5 heteroatoms. The minimum atomic E-state index is -0.259. The zero-order valence-corrected chi connectivity index (χ0v) is 12.5. The molecule has 0 amide bonds. The third kappa shape index (κ3) is 10.3. The maximum Gasteiger partial charge on any atom is 0.314 e. The van der Waals surface area contributed by atoms with E-state index in [0.717, 1.165) is 12.8 Å². The summed E-state index contributed by atoms with van der Waals surface area (Å²) in [6.45, 7) is 7.71. The number of hydrogen-bond acceptors (Lipinski definition) is 3. The van der Waals surface area contributed by atoms with E-state index in [0.29, 0.717) is 36.8 Å². The van der Waals surface area contributed by atoms with Crippen molar-refractivity contribution in [3.05, 3.63) is 0 Å². The molecule has 1 N–H and O–H groups in total. The molecule has 0 aromatic rings. The molecule has 0 fully saturated rings. The molecule has 0 heterocycles. The Bertz CT molecular complexity index is 243. The zero-order chi connectivity index (χ0) is 13.1. The first-order valence-corrected chi connectivity index (χ1v) is 7.27. The van der Waals surface area contributed by atoms with Crippen molar-refractivity contribution in [1.29, 1.82) is 0 Å². The minimum absolute atomic E-state index is 0.259. The van der Waals surface area contributed by atoms with Gasteiger partial charge in [0.05, 0.1) is 6.42 Å². The lowest BCUT2D eigenvalue weighted by molar-refractivity contribution is -0.135. The number of rotatable bonds is 7. The van der Waals surface area contributed by atoms with Crippen LogP contribution in [0.25, 0.3) is 0 Å². The predicted molar refractivity (Wildman–Crippen MR) is 74.6 cm³/mol. The second-order valence-corrected chi connectivity index (χ2v) is 4.96. The molecule has 0 saturated carbocycles. The first-order valence-electron chi connectivity index (χ1n) is 6.15. The fraction of sp³-hybridized carbons (Fsp3) is 0.833. The van der Waals surface area contributed by atoms with E-state index in [1.165, 1.54) is 0 Å². The fourth-order valence-corrected chi connectivity index (χ4v) is 1.52. The van der Waals surface area contributed by atoms with Crippen molar-refractivity contribution < 1.29 is 9.53 Å². The fourth-order valence-electron chi connectivity index (χ4n) is 1.19. The molecule has 0 atom stereocenters. The Morgan fingerprint density at radius 1 is 1.47 bits per heavy atom. The van der Waals surface area contributed by atoms with E-state index < -0.39 is 0 Å². The normalized spacial score (nSPS) is 11.7. The van der Waals surface area contributed by atoms with Crippen molar-refractivity contribution in [2.24, 2.45) is 10.9 Å². The highest BCUT2D eigenvalue weighted by Crippen LogP contribution is 2.03. The molecular weight excluding hydrogens is 284 g/mol. The molecule has 0 unspecified atom stereocenters. The van der Waals surface area contributed by atoms with E-state index >= 15 is 0 Å². The van der Waals surface area contributed by atoms with E-state index in [9.17, 15) is 4.79 Å². The second kappa shape index (κ2) is 10.6. The molecule has 0 aliphatic rings. The maximum atomic E-state index is 11.3. The van der Waals surface area contributed by atoms with Crippen molar-refractivity contribution in [1.82, 2.24) is 5.32 Å². The summed E-state index contributed by atoms with van der Waals surface area (Å²) in [5, 5.41) is 3.56. The summed E-state index contributed by atoms with van der Waals surface area (Å²) in [5.74, 6) is 0.425. The summed E-state index contributed by atoms with van der Waals surface area (Å²) in [6.07, 6.45) is 2.51. The molecule has 0 saturated heterocycles. The van der Waals surface area contributed by atoms with Gasteiger partial charge in [0.1, 0.15) is 0 Å². The topological polar surface area (TPSA) is 50.7 Å². The van der Waals surface area contributed by atoms with E-state index in [2.05, 4.69) is 40.1 Å². The molecule has 0 aliphatic heterocycles. The summed E-state index contributed by atoms with van der Waals surface area (Å²) >= 11 is 3.20. The molecule has 0 aliphatic carbocycles. The number of nitrogens with zero attached hydrogens (tertiary/aromatic N) is 1. The molecule has 100 valence electrons. The number of carbonyl (C=O) groups excluding carboxylic acids is 1. The lowest BCUT2D eigenvalue weighted by Gasteiger charge is -2.08. The summed E-state index contributed by atoms with van der Waals surface area (Å²) in [5.41, 5.74) is 0. The second-order valence-electron chi connectivity index (χ2n) is 4.17. The standard InChI is InChI=1S/C12H23BrN2O2/c1-4-14-12(17-11(16)7-8-13)15-9-5-6-10(2)3/h10H,4-9H2,1-3H3,(H,14,15). The van der Waals surface area contributed by atoms with Crippen LogP contribution in [-0.2, 0) is 9.53 Å². The first kappa shape index (κ1) is 16.4. The predicted octanol–water partition coefficient (Wildman–Crippen LogP) is 2.72. The Hall–Kier alpha value is -0.580. The van der Waals surface area contributed by atoms with Gasteiger partial charge in [-0.1, -0.05) is 29.8 Å². The van der Waals surface area contributed by atoms with Gasteiger partial charge in [0, 0.05) is 18.4 Å². The summed E-state index contributed by atoms with van der Waals surface area (Å²) in [4.78, 5) is 15.6. The van der Waals surface area contributed by atoms with Gasteiger partial charge in [-0.2, -0.15) is 0 Å². The van der Waals surface area contributed by atoms with Crippen LogP contribution < -0.4 is 5.32 Å². The molecule has 0 aromatic carbocycles. The number of amidine groups is 1. The van der Waals surface area contributed by atoms with E-state index in [1.807, 2.05) is 6.92 Å². The van der Waals surface area contributed by atoms with Gasteiger partial charge in [0.2, 0.25) is 0 Å². The number of esters is 1. The Labute approximate surface area is 112 Å². The summed E-state index contributed by atoms with van der Waals surface area (Å²) < 4.78 is 5.11. The van der Waals surface area contributed by atoms with E-state index in [4.69, 9.17) is 4.74 Å². The van der Waals surface area contributed by atoms with Gasteiger partial charge in [-0.05, 0) is 25.7 Å². The van der Waals surface area contributed by atoms with Crippen LogP contribution in [-0.4, -0.2) is 30.4 Å². The summed E-state index contributed by atoms with van der Waals surface area (Å²) in [7, 11) is 0. The molecule has 17 heavy (non-hydrogen) atoms. The number of alkyl halides is 1. The van der Waals surface area contributed by atoms with Crippen molar-refractivity contribution >= 4 is 27.9 Å². The molecule has 0 radical (unpaired) electrons. The third-order valence-electron chi connectivity index (χ3n) is 2.03. The van der Waals surface area contributed by atoms with Gasteiger partial charge >= 0.3 is 5.97 Å². The largest absolute Gasteiger partial charge is 0.393 e. The van der Waals surface area contributed by atoms with E-state index in [1.54, 1.807) is 0 Å². The average molecular weight is 307 g/mol. The van der Waals surface area contributed by atoms with Crippen LogP contribution in [0.4, 0.5) is 0 Å². The van der Waals surface area contributed by atoms with Crippen LogP contribution in [0.1, 0.15) is 40.0 Å². The number of aliphatic imine (C=N–C) groups is 1. The van der Waals surface area contributed by atoms with Crippen molar-refractivity contribution in [2.75, 3.05) is 18.4 Å². The maximum absolute atomic E-state index is 11.3. The Morgan fingerprint density at radius 3 is 2.71 bits per heavy atom. The number of hydrogen-bond donors (Lipinski definition) is 1. The number of halogens is 1. The van der Waals surface area contributed by atoms with Crippen LogP contribution in [0.3, 0.4) is 0 Å². The Balaban J connectivity index is 4.02. The Morgan fingerprint density at radius 2 is 2.18 bits per heavy atom. The van der Waals surface area contributed by atoms with Gasteiger partial charge in [-0.15, -0.1) is 0 Å². The van der Waals surface area contributed by atoms with Gasteiger partial charge in [0.15, 0.2) is 0 Å². The van der Waals surface area contributed by atoms with Gasteiger partial charge in [-0.3, -0.25) is 4.79 Å². The molecule has 0 bridgehead atoms. The highest BCUT2D eigenvalue weighted by Gasteiger charge is 2.06. The van der Waals surface area contributed by atoms with Gasteiger partial charge < -0.3 is 10.1 Å². The number of carbonyl (C=O) groups is 1.